The van der Waals surface area contributed by atoms with Crippen molar-refractivity contribution in [2.75, 3.05) is 19.5 Å². The Morgan fingerprint density at radius 2 is 1.89 bits per heavy atom. The number of rotatable bonds is 8. The quantitative estimate of drug-likeness (QED) is 0.257. The van der Waals surface area contributed by atoms with E-state index in [-0.39, 0.29) is 17.1 Å². The van der Waals surface area contributed by atoms with Crippen LogP contribution in [0.4, 0.5) is 0 Å². The van der Waals surface area contributed by atoms with Crippen molar-refractivity contribution in [1.29, 1.82) is 0 Å². The second-order valence-corrected chi connectivity index (χ2v) is 7.24. The first-order valence-electron chi connectivity index (χ1n) is 8.81. The SMILES string of the molecule is COCCCn1c(SCC(=O)c2ccc(C)cc2)nc2ccccc2c1=O. The van der Waals surface area contributed by atoms with E-state index in [1.807, 2.05) is 49.4 Å². The monoisotopic (exact) mass is 382 g/mol. The lowest BCUT2D eigenvalue weighted by Gasteiger charge is -2.12. The van der Waals surface area contributed by atoms with Crippen molar-refractivity contribution >= 4 is 28.4 Å². The molecular formula is C21H22N2O3S. The summed E-state index contributed by atoms with van der Waals surface area (Å²) in [6.45, 7) is 3.05. The number of carbonyl (C=O) groups excluding carboxylic acids is 1. The Morgan fingerprint density at radius 3 is 2.63 bits per heavy atom. The molecule has 0 fully saturated rings. The van der Waals surface area contributed by atoms with Crippen LogP contribution in [0.2, 0.25) is 0 Å². The molecule has 1 heterocycles. The van der Waals surface area contributed by atoms with Gasteiger partial charge in [-0.3, -0.25) is 14.2 Å². The number of para-hydroxylation sites is 1. The van der Waals surface area contributed by atoms with E-state index in [0.29, 0.717) is 41.2 Å². The lowest BCUT2D eigenvalue weighted by molar-refractivity contribution is 0.102. The topological polar surface area (TPSA) is 61.2 Å². The molecule has 3 rings (SSSR count). The number of fused-ring (bicyclic) bond motifs is 1. The maximum atomic E-state index is 12.9. The Hall–Kier alpha value is -2.44. The molecule has 0 saturated carbocycles. The number of nitrogens with zero attached hydrogens (tertiary/aromatic N) is 2. The summed E-state index contributed by atoms with van der Waals surface area (Å²) < 4.78 is 6.75. The fourth-order valence-electron chi connectivity index (χ4n) is 2.77. The van der Waals surface area contributed by atoms with Gasteiger partial charge in [-0.15, -0.1) is 0 Å². The third-order valence-electron chi connectivity index (χ3n) is 4.26. The molecule has 0 amide bonds. The number of methoxy groups -OCH3 is 1. The van der Waals surface area contributed by atoms with Gasteiger partial charge < -0.3 is 4.74 Å². The summed E-state index contributed by atoms with van der Waals surface area (Å²) in [5.74, 6) is 0.254. The second-order valence-electron chi connectivity index (χ2n) is 6.29. The predicted octanol–water partition coefficient (Wildman–Crippen LogP) is 3.72. The van der Waals surface area contributed by atoms with Crippen LogP contribution in [-0.2, 0) is 11.3 Å². The number of ketones is 1. The van der Waals surface area contributed by atoms with Crippen LogP contribution < -0.4 is 5.56 Å². The van der Waals surface area contributed by atoms with E-state index in [9.17, 15) is 9.59 Å². The van der Waals surface area contributed by atoms with Gasteiger partial charge in [0.15, 0.2) is 10.9 Å². The zero-order chi connectivity index (χ0) is 19.2. The van der Waals surface area contributed by atoms with Crippen molar-refractivity contribution in [3.63, 3.8) is 0 Å². The van der Waals surface area contributed by atoms with E-state index < -0.39 is 0 Å². The maximum Gasteiger partial charge on any atom is 0.262 e. The normalized spacial score (nSPS) is 11.0. The molecule has 0 bridgehead atoms. The third-order valence-corrected chi connectivity index (χ3v) is 5.24. The molecule has 0 N–H and O–H groups in total. The summed E-state index contributed by atoms with van der Waals surface area (Å²) in [7, 11) is 1.64. The number of thioether (sulfide) groups is 1. The fourth-order valence-corrected chi connectivity index (χ4v) is 3.69. The largest absolute Gasteiger partial charge is 0.385 e. The molecule has 0 spiro atoms. The number of hydrogen-bond acceptors (Lipinski definition) is 5. The van der Waals surface area contributed by atoms with Crippen molar-refractivity contribution in [1.82, 2.24) is 9.55 Å². The molecular weight excluding hydrogens is 360 g/mol. The molecule has 0 aliphatic rings. The van der Waals surface area contributed by atoms with Crippen LogP contribution in [0, 0.1) is 6.92 Å². The van der Waals surface area contributed by atoms with Gasteiger partial charge in [0, 0.05) is 25.8 Å². The standard InChI is InChI=1S/C21H22N2O3S/c1-15-8-10-16(11-9-15)19(24)14-27-21-22-18-7-4-3-6-17(18)20(25)23(21)12-5-13-26-2/h3-4,6-11H,5,12-14H2,1-2H3. The smallest absolute Gasteiger partial charge is 0.262 e. The summed E-state index contributed by atoms with van der Waals surface area (Å²) in [4.78, 5) is 30.0. The second kappa shape index (κ2) is 8.97. The zero-order valence-electron chi connectivity index (χ0n) is 15.5. The van der Waals surface area contributed by atoms with Gasteiger partial charge in [0.2, 0.25) is 0 Å². The van der Waals surface area contributed by atoms with Crippen LogP contribution in [0.3, 0.4) is 0 Å². The van der Waals surface area contributed by atoms with Crippen LogP contribution in [0.1, 0.15) is 22.3 Å². The first-order chi connectivity index (χ1) is 13.1. The molecule has 0 atom stereocenters. The molecule has 2 aromatic carbocycles. The zero-order valence-corrected chi connectivity index (χ0v) is 16.3. The van der Waals surface area contributed by atoms with Gasteiger partial charge >= 0.3 is 0 Å². The lowest BCUT2D eigenvalue weighted by Crippen LogP contribution is -2.24. The number of carbonyl (C=O) groups is 1. The summed E-state index contributed by atoms with van der Waals surface area (Å²) in [5.41, 5.74) is 2.35. The first kappa shape index (κ1) is 19.3. The van der Waals surface area contributed by atoms with E-state index >= 15 is 0 Å². The molecule has 0 aliphatic carbocycles. The van der Waals surface area contributed by atoms with Crippen LogP contribution in [0.5, 0.6) is 0 Å². The van der Waals surface area contributed by atoms with E-state index in [2.05, 4.69) is 4.98 Å². The molecule has 27 heavy (non-hydrogen) atoms. The number of Topliss-reactive ketones (excluding diaryl/α,β-unsaturated/α-hetero) is 1. The Morgan fingerprint density at radius 1 is 1.15 bits per heavy atom. The Balaban J connectivity index is 1.87. The number of benzene rings is 2. The van der Waals surface area contributed by atoms with Gasteiger partial charge in [0.1, 0.15) is 0 Å². The highest BCUT2D eigenvalue weighted by atomic mass is 32.2. The first-order valence-corrected chi connectivity index (χ1v) is 9.80. The number of hydrogen-bond donors (Lipinski definition) is 0. The fraction of sp³-hybridized carbons (Fsp3) is 0.286. The molecule has 0 saturated heterocycles. The maximum absolute atomic E-state index is 12.9. The predicted molar refractivity (Wildman–Crippen MR) is 109 cm³/mol. The molecule has 6 heteroatoms. The molecule has 0 radical (unpaired) electrons. The van der Waals surface area contributed by atoms with E-state index in [1.54, 1.807) is 17.7 Å². The summed E-state index contributed by atoms with van der Waals surface area (Å²) >= 11 is 1.30. The number of ether oxygens (including phenoxy) is 1. The third kappa shape index (κ3) is 4.64. The molecule has 0 aliphatic heterocycles. The molecule has 3 aromatic rings. The van der Waals surface area contributed by atoms with Crippen LogP contribution in [0.15, 0.2) is 58.5 Å². The molecule has 1 aromatic heterocycles. The van der Waals surface area contributed by atoms with Crippen LogP contribution >= 0.6 is 11.8 Å². The highest BCUT2D eigenvalue weighted by molar-refractivity contribution is 7.99. The average molecular weight is 382 g/mol. The van der Waals surface area contributed by atoms with Crippen LogP contribution in [-0.4, -0.2) is 34.8 Å². The van der Waals surface area contributed by atoms with Gasteiger partial charge in [-0.1, -0.05) is 53.7 Å². The van der Waals surface area contributed by atoms with Crippen molar-refractivity contribution in [2.45, 2.75) is 25.0 Å². The number of aromatic nitrogens is 2. The minimum absolute atomic E-state index is 0.0193. The van der Waals surface area contributed by atoms with Crippen molar-refractivity contribution in [3.8, 4) is 0 Å². The van der Waals surface area contributed by atoms with E-state index in [4.69, 9.17) is 4.74 Å². The van der Waals surface area contributed by atoms with Crippen molar-refractivity contribution in [3.05, 3.63) is 70.0 Å². The van der Waals surface area contributed by atoms with Crippen LogP contribution in [0.25, 0.3) is 10.9 Å². The molecule has 0 unspecified atom stereocenters. The van der Waals surface area contributed by atoms with Crippen molar-refractivity contribution < 1.29 is 9.53 Å². The van der Waals surface area contributed by atoms with Gasteiger partial charge in [-0.25, -0.2) is 4.98 Å². The lowest BCUT2D eigenvalue weighted by atomic mass is 10.1. The summed E-state index contributed by atoms with van der Waals surface area (Å²) in [5, 5.41) is 1.15. The Bertz CT molecular complexity index is 996. The summed E-state index contributed by atoms with van der Waals surface area (Å²) in [6.07, 6.45) is 0.704. The van der Waals surface area contributed by atoms with Gasteiger partial charge in [-0.2, -0.15) is 0 Å². The van der Waals surface area contributed by atoms with Gasteiger partial charge in [0.25, 0.3) is 5.56 Å². The minimum Gasteiger partial charge on any atom is -0.385 e. The van der Waals surface area contributed by atoms with Gasteiger partial charge in [0.05, 0.1) is 16.7 Å². The van der Waals surface area contributed by atoms with E-state index in [0.717, 1.165) is 5.56 Å². The molecule has 140 valence electrons. The van der Waals surface area contributed by atoms with Gasteiger partial charge in [-0.05, 0) is 25.5 Å². The van der Waals surface area contributed by atoms with E-state index in [1.165, 1.54) is 11.8 Å². The highest BCUT2D eigenvalue weighted by Gasteiger charge is 2.14. The Kier molecular flexibility index (Phi) is 6.42. The average Bonchev–Trinajstić information content (AvgIpc) is 2.68. The summed E-state index contributed by atoms with van der Waals surface area (Å²) in [6, 6.07) is 14.8. The van der Waals surface area contributed by atoms with Crippen molar-refractivity contribution in [2.24, 2.45) is 0 Å². The Labute approximate surface area is 162 Å². The highest BCUT2D eigenvalue weighted by Crippen LogP contribution is 2.19. The minimum atomic E-state index is -0.0815. The number of aryl methyl sites for hydroxylation is 1. The molecule has 5 nitrogen and oxygen atoms in total.